The highest BCUT2D eigenvalue weighted by atomic mass is 17.1. The predicted molar refractivity (Wildman–Crippen MR) is 29.8 cm³/mol. The second-order valence-corrected chi connectivity index (χ2v) is 1.53. The number of methoxy groups -OCH3 is 1. The smallest absolute Gasteiger partial charge is 0.338 e. The molecule has 0 bridgehead atoms. The Morgan fingerprint density at radius 3 is 2.44 bits per heavy atom. The van der Waals surface area contributed by atoms with Gasteiger partial charge >= 0.3 is 5.97 Å². The summed E-state index contributed by atoms with van der Waals surface area (Å²) in [5.74, 6) is -0.556. The molecule has 0 aliphatic rings. The van der Waals surface area contributed by atoms with Gasteiger partial charge in [0.25, 0.3) is 0 Å². The molecule has 0 aromatic carbocycles. The molecule has 0 aromatic rings. The first-order valence-electron chi connectivity index (χ1n) is 2.64. The largest absolute Gasteiger partial charge is 0.467 e. The Morgan fingerprint density at radius 2 is 2.33 bits per heavy atom. The lowest BCUT2D eigenvalue weighted by molar-refractivity contribution is -0.277. The van der Waals surface area contributed by atoms with Gasteiger partial charge in [-0.25, -0.2) is 9.68 Å². The molecule has 0 aliphatic heterocycles. The third kappa shape index (κ3) is 2.43. The summed E-state index contributed by atoms with van der Waals surface area (Å²) in [7, 11) is 1.24. The van der Waals surface area contributed by atoms with Gasteiger partial charge in [0.15, 0.2) is 6.10 Å². The highest BCUT2D eigenvalue weighted by Gasteiger charge is 2.16. The van der Waals surface area contributed by atoms with E-state index in [-0.39, 0.29) is 0 Å². The summed E-state index contributed by atoms with van der Waals surface area (Å²) in [4.78, 5) is 14.2. The van der Waals surface area contributed by atoms with Crippen LogP contribution < -0.4 is 0 Å². The van der Waals surface area contributed by atoms with Gasteiger partial charge in [-0.2, -0.15) is 0 Å². The van der Waals surface area contributed by atoms with E-state index in [1.54, 1.807) is 6.92 Å². The third-order valence-electron chi connectivity index (χ3n) is 0.962. The molecule has 0 spiro atoms. The fraction of sp³-hybridized carbons (Fsp3) is 0.800. The van der Waals surface area contributed by atoms with E-state index in [4.69, 9.17) is 5.26 Å². The molecule has 0 fully saturated rings. The van der Waals surface area contributed by atoms with E-state index in [1.807, 2.05) is 0 Å². The van der Waals surface area contributed by atoms with Gasteiger partial charge in [0, 0.05) is 0 Å². The van der Waals surface area contributed by atoms with Crippen LogP contribution in [0.5, 0.6) is 0 Å². The zero-order valence-corrected chi connectivity index (χ0v) is 5.46. The molecule has 1 unspecified atom stereocenters. The maximum atomic E-state index is 10.5. The van der Waals surface area contributed by atoms with E-state index >= 15 is 0 Å². The number of carbonyl (C=O) groups is 1. The summed E-state index contributed by atoms with van der Waals surface area (Å²) in [6.45, 7) is 1.71. The van der Waals surface area contributed by atoms with E-state index in [0.29, 0.717) is 6.42 Å². The van der Waals surface area contributed by atoms with Gasteiger partial charge in [0.2, 0.25) is 0 Å². The summed E-state index contributed by atoms with van der Waals surface area (Å²) in [5.41, 5.74) is 0. The molecule has 0 amide bonds. The van der Waals surface area contributed by atoms with Crippen LogP contribution in [-0.4, -0.2) is 24.4 Å². The lowest BCUT2D eigenvalue weighted by Crippen LogP contribution is -2.23. The predicted octanol–water partition coefficient (Wildman–Crippen LogP) is 0.428. The van der Waals surface area contributed by atoms with Gasteiger partial charge in [-0.15, -0.1) is 0 Å². The first kappa shape index (κ1) is 8.39. The van der Waals surface area contributed by atoms with Crippen LogP contribution in [0.15, 0.2) is 0 Å². The number of hydrogen-bond acceptors (Lipinski definition) is 4. The molecule has 1 atom stereocenters. The van der Waals surface area contributed by atoms with Crippen LogP contribution >= 0.6 is 0 Å². The molecule has 4 heteroatoms. The molecule has 54 valence electrons. The Hall–Kier alpha value is -0.610. The summed E-state index contributed by atoms with van der Waals surface area (Å²) in [5, 5.41) is 8.03. The van der Waals surface area contributed by atoms with Crippen LogP contribution in [0.3, 0.4) is 0 Å². The molecule has 9 heavy (non-hydrogen) atoms. The molecule has 1 N–H and O–H groups in total. The van der Waals surface area contributed by atoms with Crippen molar-refractivity contribution in [3.8, 4) is 0 Å². The van der Waals surface area contributed by atoms with Gasteiger partial charge in [-0.1, -0.05) is 6.92 Å². The fourth-order valence-electron chi connectivity index (χ4n) is 0.416. The Kier molecular flexibility index (Phi) is 4.00. The average molecular weight is 134 g/mol. The van der Waals surface area contributed by atoms with Crippen molar-refractivity contribution < 1.29 is 19.7 Å². The Morgan fingerprint density at radius 1 is 1.78 bits per heavy atom. The minimum atomic E-state index is -0.838. The van der Waals surface area contributed by atoms with Crippen molar-refractivity contribution >= 4 is 5.97 Å². The normalized spacial score (nSPS) is 12.8. The monoisotopic (exact) mass is 134 g/mol. The Bertz CT molecular complexity index is 87.0. The minimum absolute atomic E-state index is 0.406. The number of esters is 1. The number of rotatable bonds is 3. The zero-order chi connectivity index (χ0) is 7.28. The topological polar surface area (TPSA) is 55.8 Å². The minimum Gasteiger partial charge on any atom is -0.467 e. The SMILES string of the molecule is CCC(OO)C(=O)OC. The molecule has 0 heterocycles. The van der Waals surface area contributed by atoms with E-state index < -0.39 is 12.1 Å². The molecule has 4 nitrogen and oxygen atoms in total. The average Bonchev–Trinajstić information content (AvgIpc) is 1.90. The summed E-state index contributed by atoms with van der Waals surface area (Å²) in [6.07, 6.45) is -0.432. The van der Waals surface area contributed by atoms with Crippen LogP contribution in [0.4, 0.5) is 0 Å². The van der Waals surface area contributed by atoms with Crippen molar-refractivity contribution in [3.05, 3.63) is 0 Å². The number of ether oxygens (including phenoxy) is 1. The molecule has 0 aromatic heterocycles. The van der Waals surface area contributed by atoms with Gasteiger partial charge in [0.1, 0.15) is 0 Å². The lowest BCUT2D eigenvalue weighted by Gasteiger charge is -2.06. The van der Waals surface area contributed by atoms with Crippen molar-refractivity contribution in [2.24, 2.45) is 0 Å². The number of hydrogen-bond donors (Lipinski definition) is 1. The Labute approximate surface area is 53.3 Å². The molecule has 0 saturated carbocycles. The van der Waals surface area contributed by atoms with Gasteiger partial charge in [0.05, 0.1) is 7.11 Å². The summed E-state index contributed by atoms with van der Waals surface area (Å²) >= 11 is 0. The van der Waals surface area contributed by atoms with Crippen LogP contribution in [0.1, 0.15) is 13.3 Å². The van der Waals surface area contributed by atoms with Gasteiger partial charge < -0.3 is 4.74 Å². The van der Waals surface area contributed by atoms with Crippen LogP contribution in [-0.2, 0) is 14.4 Å². The van der Waals surface area contributed by atoms with E-state index in [0.717, 1.165) is 0 Å². The maximum Gasteiger partial charge on any atom is 0.338 e. The van der Waals surface area contributed by atoms with E-state index in [2.05, 4.69) is 9.62 Å². The molecular formula is C5H10O4. The quantitative estimate of drug-likeness (QED) is 0.345. The standard InChI is InChI=1S/C5H10O4/c1-3-4(9-7)5(6)8-2/h4,7H,3H2,1-2H3. The van der Waals surface area contributed by atoms with Crippen molar-refractivity contribution in [1.29, 1.82) is 0 Å². The fourth-order valence-corrected chi connectivity index (χ4v) is 0.416. The van der Waals surface area contributed by atoms with Crippen molar-refractivity contribution in [2.45, 2.75) is 19.4 Å². The van der Waals surface area contributed by atoms with Crippen molar-refractivity contribution in [2.75, 3.05) is 7.11 Å². The first-order valence-corrected chi connectivity index (χ1v) is 2.64. The van der Waals surface area contributed by atoms with Crippen LogP contribution in [0.2, 0.25) is 0 Å². The molecule has 0 saturated heterocycles. The van der Waals surface area contributed by atoms with Crippen LogP contribution in [0, 0.1) is 0 Å². The third-order valence-corrected chi connectivity index (χ3v) is 0.962. The van der Waals surface area contributed by atoms with Crippen molar-refractivity contribution in [1.82, 2.24) is 0 Å². The maximum absolute atomic E-state index is 10.5. The van der Waals surface area contributed by atoms with Gasteiger partial charge in [-0.3, -0.25) is 5.26 Å². The molecule has 0 radical (unpaired) electrons. The zero-order valence-electron chi connectivity index (χ0n) is 5.46. The van der Waals surface area contributed by atoms with Crippen LogP contribution in [0.25, 0.3) is 0 Å². The first-order chi connectivity index (χ1) is 4.26. The lowest BCUT2D eigenvalue weighted by atomic mass is 10.3. The summed E-state index contributed by atoms with van der Waals surface area (Å²) < 4.78 is 4.27. The second kappa shape index (κ2) is 4.29. The molecule has 0 aliphatic carbocycles. The Balaban J connectivity index is 3.64. The van der Waals surface area contributed by atoms with E-state index in [1.165, 1.54) is 7.11 Å². The van der Waals surface area contributed by atoms with Crippen molar-refractivity contribution in [3.63, 3.8) is 0 Å². The van der Waals surface area contributed by atoms with Gasteiger partial charge in [-0.05, 0) is 6.42 Å². The summed E-state index contributed by atoms with van der Waals surface area (Å²) in [6, 6.07) is 0. The highest BCUT2D eigenvalue weighted by Crippen LogP contribution is 1.96. The highest BCUT2D eigenvalue weighted by molar-refractivity contribution is 5.74. The molecular weight excluding hydrogens is 124 g/mol. The van der Waals surface area contributed by atoms with E-state index in [9.17, 15) is 4.79 Å². The molecule has 0 rings (SSSR count). The number of carbonyl (C=O) groups excluding carboxylic acids is 1. The second-order valence-electron chi connectivity index (χ2n) is 1.53.